The van der Waals surface area contributed by atoms with Gasteiger partial charge in [0.2, 0.25) is 0 Å². The maximum absolute atomic E-state index is 12.5. The first-order valence-electron chi connectivity index (χ1n) is 11.1. The van der Waals surface area contributed by atoms with E-state index in [4.69, 9.17) is 35.4 Å². The third-order valence-electron chi connectivity index (χ3n) is 5.59. The second-order valence-corrected chi connectivity index (χ2v) is 9.12. The molecule has 10 heteroatoms. The molecule has 0 aliphatic rings. The SMILES string of the molecule is CCN(CC)c1ccc(-n2nc3cc(C)c(NC(=S)NC(=O)c4ccc(Cl)cc4Cl)cc3n2)cc1. The number of hydrogen-bond donors (Lipinski definition) is 2. The molecule has 1 aromatic heterocycles. The Morgan fingerprint density at radius 2 is 1.66 bits per heavy atom. The molecule has 0 saturated carbocycles. The summed E-state index contributed by atoms with van der Waals surface area (Å²) in [5.74, 6) is -0.429. The number of carbonyl (C=O) groups excluding carboxylic acids is 1. The summed E-state index contributed by atoms with van der Waals surface area (Å²) >= 11 is 17.4. The summed E-state index contributed by atoms with van der Waals surface area (Å²) < 4.78 is 0. The van der Waals surface area contributed by atoms with Crippen molar-refractivity contribution in [1.29, 1.82) is 0 Å². The molecule has 0 unspecified atom stereocenters. The number of rotatable bonds is 6. The van der Waals surface area contributed by atoms with Crippen molar-refractivity contribution in [3.8, 4) is 5.69 Å². The smallest absolute Gasteiger partial charge is 0.258 e. The highest BCUT2D eigenvalue weighted by atomic mass is 35.5. The molecule has 0 bridgehead atoms. The number of nitrogens with zero attached hydrogens (tertiary/aromatic N) is 4. The van der Waals surface area contributed by atoms with E-state index >= 15 is 0 Å². The van der Waals surface area contributed by atoms with Gasteiger partial charge in [-0.25, -0.2) is 0 Å². The van der Waals surface area contributed by atoms with E-state index in [0.717, 1.165) is 35.5 Å². The van der Waals surface area contributed by atoms with Gasteiger partial charge in [-0.3, -0.25) is 10.1 Å². The highest BCUT2D eigenvalue weighted by Gasteiger charge is 2.14. The minimum atomic E-state index is -0.429. The van der Waals surface area contributed by atoms with Crippen LogP contribution in [0.1, 0.15) is 29.8 Å². The number of aromatic nitrogens is 3. The van der Waals surface area contributed by atoms with E-state index in [0.29, 0.717) is 16.2 Å². The zero-order valence-electron chi connectivity index (χ0n) is 19.5. The molecule has 0 atom stereocenters. The summed E-state index contributed by atoms with van der Waals surface area (Å²) in [6.07, 6.45) is 0. The first-order chi connectivity index (χ1) is 16.8. The Labute approximate surface area is 219 Å². The number of hydrogen-bond acceptors (Lipinski definition) is 5. The van der Waals surface area contributed by atoms with Gasteiger partial charge in [0, 0.05) is 29.5 Å². The van der Waals surface area contributed by atoms with Crippen LogP contribution in [0.2, 0.25) is 10.0 Å². The molecule has 4 rings (SSSR count). The summed E-state index contributed by atoms with van der Waals surface area (Å²) in [4.78, 5) is 16.4. The number of amides is 1. The first kappa shape index (κ1) is 24.9. The molecule has 0 spiro atoms. The van der Waals surface area contributed by atoms with Crippen molar-refractivity contribution in [3.63, 3.8) is 0 Å². The Bertz CT molecular complexity index is 1400. The molecule has 0 radical (unpaired) electrons. The van der Waals surface area contributed by atoms with Gasteiger partial charge in [-0.1, -0.05) is 23.2 Å². The zero-order valence-corrected chi connectivity index (χ0v) is 21.8. The quantitative estimate of drug-likeness (QED) is 0.299. The van der Waals surface area contributed by atoms with E-state index in [9.17, 15) is 4.79 Å². The van der Waals surface area contributed by atoms with Crippen molar-refractivity contribution in [2.45, 2.75) is 20.8 Å². The van der Waals surface area contributed by atoms with Crippen LogP contribution < -0.4 is 15.5 Å². The molecule has 35 heavy (non-hydrogen) atoms. The number of carbonyl (C=O) groups is 1. The van der Waals surface area contributed by atoms with Crippen LogP contribution in [0.3, 0.4) is 0 Å². The van der Waals surface area contributed by atoms with Crippen LogP contribution in [0.4, 0.5) is 11.4 Å². The highest BCUT2D eigenvalue weighted by Crippen LogP contribution is 2.24. The molecule has 4 aromatic rings. The predicted molar refractivity (Wildman–Crippen MR) is 147 cm³/mol. The van der Waals surface area contributed by atoms with Gasteiger partial charge in [0.05, 0.1) is 16.3 Å². The van der Waals surface area contributed by atoms with E-state index in [1.165, 1.54) is 6.07 Å². The molecule has 0 fully saturated rings. The number of benzene rings is 3. The van der Waals surface area contributed by atoms with Crippen LogP contribution >= 0.6 is 35.4 Å². The topological polar surface area (TPSA) is 75.1 Å². The lowest BCUT2D eigenvalue weighted by Crippen LogP contribution is -2.34. The van der Waals surface area contributed by atoms with Crippen LogP contribution in [0.5, 0.6) is 0 Å². The average Bonchev–Trinajstić information content (AvgIpc) is 3.23. The summed E-state index contributed by atoms with van der Waals surface area (Å²) in [5, 5.41) is 15.8. The van der Waals surface area contributed by atoms with E-state index in [2.05, 4.69) is 51.7 Å². The van der Waals surface area contributed by atoms with Gasteiger partial charge in [0.25, 0.3) is 5.91 Å². The normalized spacial score (nSPS) is 10.9. The second-order valence-electron chi connectivity index (χ2n) is 7.87. The van der Waals surface area contributed by atoms with Gasteiger partial charge < -0.3 is 10.2 Å². The van der Waals surface area contributed by atoms with Gasteiger partial charge in [-0.2, -0.15) is 4.80 Å². The van der Waals surface area contributed by atoms with E-state index in [-0.39, 0.29) is 15.7 Å². The molecular weight excluding hydrogens is 503 g/mol. The van der Waals surface area contributed by atoms with Gasteiger partial charge >= 0.3 is 0 Å². The van der Waals surface area contributed by atoms with E-state index in [1.54, 1.807) is 16.9 Å². The third kappa shape index (κ3) is 5.56. The van der Waals surface area contributed by atoms with Crippen LogP contribution in [-0.4, -0.2) is 39.1 Å². The summed E-state index contributed by atoms with van der Waals surface area (Å²) in [5.41, 5.74) is 5.38. The summed E-state index contributed by atoms with van der Waals surface area (Å²) in [6.45, 7) is 8.10. The summed E-state index contributed by atoms with van der Waals surface area (Å²) in [7, 11) is 0. The number of thiocarbonyl (C=S) groups is 1. The minimum absolute atomic E-state index is 0.142. The number of nitrogens with one attached hydrogen (secondary N) is 2. The van der Waals surface area contributed by atoms with Crippen LogP contribution in [0.25, 0.3) is 16.7 Å². The van der Waals surface area contributed by atoms with Crippen LogP contribution in [0.15, 0.2) is 54.6 Å². The molecule has 180 valence electrons. The van der Waals surface area contributed by atoms with Crippen molar-refractivity contribution in [1.82, 2.24) is 20.3 Å². The van der Waals surface area contributed by atoms with Crippen molar-refractivity contribution < 1.29 is 4.79 Å². The van der Waals surface area contributed by atoms with Crippen molar-refractivity contribution in [3.05, 3.63) is 75.8 Å². The maximum atomic E-state index is 12.5. The highest BCUT2D eigenvalue weighted by molar-refractivity contribution is 7.80. The zero-order chi connectivity index (χ0) is 25.1. The lowest BCUT2D eigenvalue weighted by molar-refractivity contribution is 0.0978. The van der Waals surface area contributed by atoms with Gasteiger partial charge in [-0.05, 0) is 93.1 Å². The number of anilines is 2. The largest absolute Gasteiger partial charge is 0.372 e. The molecule has 7 nitrogen and oxygen atoms in total. The van der Waals surface area contributed by atoms with Crippen LogP contribution in [0, 0.1) is 6.92 Å². The summed E-state index contributed by atoms with van der Waals surface area (Å²) in [6, 6.07) is 16.6. The fourth-order valence-corrected chi connectivity index (χ4v) is 4.40. The number of halogens is 2. The Kier molecular flexibility index (Phi) is 7.54. The van der Waals surface area contributed by atoms with Gasteiger partial charge in [-0.15, -0.1) is 10.2 Å². The van der Waals surface area contributed by atoms with Gasteiger partial charge in [0.15, 0.2) is 5.11 Å². The van der Waals surface area contributed by atoms with E-state index in [1.807, 2.05) is 31.2 Å². The Balaban J connectivity index is 1.51. The molecule has 0 aliphatic carbocycles. The Hall–Kier alpha value is -3.20. The number of fused-ring (bicyclic) bond motifs is 1. The number of aryl methyl sites for hydroxylation is 1. The fourth-order valence-electron chi connectivity index (χ4n) is 3.70. The lowest BCUT2D eigenvalue weighted by Gasteiger charge is -2.20. The van der Waals surface area contributed by atoms with Crippen molar-refractivity contribution in [2.75, 3.05) is 23.3 Å². The Morgan fingerprint density at radius 1 is 1.00 bits per heavy atom. The molecule has 0 aliphatic heterocycles. The molecule has 0 saturated heterocycles. The molecule has 1 amide bonds. The maximum Gasteiger partial charge on any atom is 0.258 e. The minimum Gasteiger partial charge on any atom is -0.372 e. The van der Waals surface area contributed by atoms with E-state index < -0.39 is 5.91 Å². The van der Waals surface area contributed by atoms with Crippen molar-refractivity contribution >= 4 is 68.8 Å². The first-order valence-corrected chi connectivity index (χ1v) is 12.3. The predicted octanol–water partition coefficient (Wildman–Crippen LogP) is 6.01. The van der Waals surface area contributed by atoms with Crippen LogP contribution in [-0.2, 0) is 0 Å². The molecule has 1 heterocycles. The molecule has 2 N–H and O–H groups in total. The second kappa shape index (κ2) is 10.6. The molecule has 3 aromatic carbocycles. The Morgan fingerprint density at radius 3 is 2.29 bits per heavy atom. The third-order valence-corrected chi connectivity index (χ3v) is 6.34. The van der Waals surface area contributed by atoms with Gasteiger partial charge in [0.1, 0.15) is 11.0 Å². The lowest BCUT2D eigenvalue weighted by atomic mass is 10.2. The fraction of sp³-hybridized carbons (Fsp3) is 0.200. The molecular formula is C25H24Cl2N6OS. The standard InChI is InChI=1S/C25H24Cl2N6OS/c1-4-32(5-2)17-7-9-18(10-8-17)33-30-22-12-15(3)21(14-23(22)31-33)28-25(35)29-24(34)19-11-6-16(26)13-20(19)27/h6-14H,4-5H2,1-3H3,(H2,28,29,34,35). The monoisotopic (exact) mass is 526 g/mol. The average molecular weight is 527 g/mol. The van der Waals surface area contributed by atoms with Crippen molar-refractivity contribution in [2.24, 2.45) is 0 Å².